The Labute approximate surface area is 158 Å². The van der Waals surface area contributed by atoms with Crippen LogP contribution in [-0.2, 0) is 29.7 Å². The predicted octanol–water partition coefficient (Wildman–Crippen LogP) is 2.89. The van der Waals surface area contributed by atoms with Crippen LogP contribution in [0.15, 0.2) is 41.5 Å². The standard InChI is InChI=1S/C20H26N4O3/c1-5-23-15-8-6-7-9-16(15)24(20(23)26)12-10-17(25)27-18(14(2)3)19-21-11-13-22(19)4/h6-9,11,13-14,18H,5,10,12H2,1-4H3/t18-/m0/s1. The molecule has 7 nitrogen and oxygen atoms in total. The minimum absolute atomic E-state index is 0.0970. The molecule has 3 rings (SSSR count). The molecule has 3 aromatic rings. The summed E-state index contributed by atoms with van der Waals surface area (Å²) in [6.07, 6.45) is 3.24. The summed E-state index contributed by atoms with van der Waals surface area (Å²) in [7, 11) is 1.88. The van der Waals surface area contributed by atoms with Crippen LogP contribution in [0.5, 0.6) is 0 Å². The van der Waals surface area contributed by atoms with Crippen molar-refractivity contribution in [3.8, 4) is 0 Å². The van der Waals surface area contributed by atoms with Gasteiger partial charge in [0, 0.05) is 32.5 Å². The van der Waals surface area contributed by atoms with E-state index in [2.05, 4.69) is 4.98 Å². The molecule has 1 aromatic carbocycles. The molecular formula is C20H26N4O3. The molecule has 0 aliphatic carbocycles. The molecule has 0 aliphatic rings. The molecule has 1 atom stereocenters. The fourth-order valence-corrected chi connectivity index (χ4v) is 3.34. The summed E-state index contributed by atoms with van der Waals surface area (Å²) in [5.74, 6) is 0.481. The lowest BCUT2D eigenvalue weighted by Crippen LogP contribution is -2.26. The van der Waals surface area contributed by atoms with Crippen LogP contribution >= 0.6 is 0 Å². The normalized spacial score (nSPS) is 12.6. The molecule has 7 heteroatoms. The quantitative estimate of drug-likeness (QED) is 0.600. The van der Waals surface area contributed by atoms with E-state index in [1.54, 1.807) is 15.3 Å². The molecule has 2 aromatic heterocycles. The number of carbonyl (C=O) groups excluding carboxylic acids is 1. The average molecular weight is 370 g/mol. The Hall–Kier alpha value is -2.83. The number of carbonyl (C=O) groups is 1. The highest BCUT2D eigenvalue weighted by molar-refractivity contribution is 5.76. The minimum atomic E-state index is -0.411. The van der Waals surface area contributed by atoms with E-state index in [1.165, 1.54) is 0 Å². The Morgan fingerprint density at radius 2 is 1.85 bits per heavy atom. The second-order valence-electron chi connectivity index (χ2n) is 6.97. The van der Waals surface area contributed by atoms with Crippen LogP contribution in [0.1, 0.15) is 39.1 Å². The van der Waals surface area contributed by atoms with E-state index in [0.29, 0.717) is 6.54 Å². The number of ether oxygens (including phenoxy) is 1. The molecule has 0 amide bonds. The van der Waals surface area contributed by atoms with Crippen molar-refractivity contribution in [3.05, 3.63) is 53.0 Å². The van der Waals surface area contributed by atoms with Gasteiger partial charge in [0.1, 0.15) is 5.82 Å². The van der Waals surface area contributed by atoms with Gasteiger partial charge in [0.15, 0.2) is 6.10 Å². The van der Waals surface area contributed by atoms with Crippen LogP contribution in [0, 0.1) is 5.92 Å². The lowest BCUT2D eigenvalue weighted by atomic mass is 10.1. The highest BCUT2D eigenvalue weighted by atomic mass is 16.5. The molecule has 27 heavy (non-hydrogen) atoms. The van der Waals surface area contributed by atoms with Gasteiger partial charge in [0.2, 0.25) is 0 Å². The second-order valence-corrected chi connectivity index (χ2v) is 6.97. The van der Waals surface area contributed by atoms with Gasteiger partial charge in [0.05, 0.1) is 17.5 Å². The van der Waals surface area contributed by atoms with Crippen LogP contribution in [-0.4, -0.2) is 24.7 Å². The number of imidazole rings is 2. The van der Waals surface area contributed by atoms with E-state index in [9.17, 15) is 9.59 Å². The maximum absolute atomic E-state index is 12.7. The third-order valence-electron chi connectivity index (χ3n) is 4.76. The van der Waals surface area contributed by atoms with Gasteiger partial charge in [-0.1, -0.05) is 26.0 Å². The molecular weight excluding hydrogens is 344 g/mol. The number of fused-ring (bicyclic) bond motifs is 1. The molecule has 0 spiro atoms. The number of rotatable bonds is 7. The first-order chi connectivity index (χ1) is 12.9. The van der Waals surface area contributed by atoms with E-state index >= 15 is 0 Å². The van der Waals surface area contributed by atoms with E-state index < -0.39 is 6.10 Å². The highest BCUT2D eigenvalue weighted by Gasteiger charge is 2.24. The first-order valence-electron chi connectivity index (χ1n) is 9.28. The van der Waals surface area contributed by atoms with Crippen molar-refractivity contribution in [2.24, 2.45) is 13.0 Å². The van der Waals surface area contributed by atoms with Crippen LogP contribution in [0.3, 0.4) is 0 Å². The van der Waals surface area contributed by atoms with Crippen molar-refractivity contribution in [1.82, 2.24) is 18.7 Å². The fraction of sp³-hybridized carbons (Fsp3) is 0.450. The predicted molar refractivity (Wildman–Crippen MR) is 103 cm³/mol. The maximum atomic E-state index is 12.7. The zero-order chi connectivity index (χ0) is 19.6. The third-order valence-corrected chi connectivity index (χ3v) is 4.76. The van der Waals surface area contributed by atoms with Crippen molar-refractivity contribution in [2.45, 2.75) is 46.4 Å². The van der Waals surface area contributed by atoms with Gasteiger partial charge in [-0.2, -0.15) is 0 Å². The number of esters is 1. The summed E-state index contributed by atoms with van der Waals surface area (Å²) in [6.45, 7) is 6.80. The van der Waals surface area contributed by atoms with E-state index in [0.717, 1.165) is 16.9 Å². The Morgan fingerprint density at radius 3 is 2.41 bits per heavy atom. The molecule has 0 aliphatic heterocycles. The number of aryl methyl sites for hydroxylation is 3. The van der Waals surface area contributed by atoms with Gasteiger partial charge < -0.3 is 9.30 Å². The first-order valence-corrected chi connectivity index (χ1v) is 9.28. The van der Waals surface area contributed by atoms with Gasteiger partial charge in [-0.3, -0.25) is 13.9 Å². The van der Waals surface area contributed by atoms with Gasteiger partial charge in [-0.25, -0.2) is 9.78 Å². The molecule has 0 fully saturated rings. The molecule has 0 bridgehead atoms. The molecule has 0 unspecified atom stereocenters. The second kappa shape index (κ2) is 7.82. The summed E-state index contributed by atoms with van der Waals surface area (Å²) in [4.78, 5) is 29.4. The van der Waals surface area contributed by atoms with Gasteiger partial charge in [0.25, 0.3) is 0 Å². The summed E-state index contributed by atoms with van der Waals surface area (Å²) in [6, 6.07) is 7.63. The van der Waals surface area contributed by atoms with Crippen LogP contribution in [0.2, 0.25) is 0 Å². The average Bonchev–Trinajstić information content (AvgIpc) is 3.18. The molecule has 0 saturated carbocycles. The van der Waals surface area contributed by atoms with Crippen molar-refractivity contribution in [2.75, 3.05) is 0 Å². The molecule has 0 N–H and O–H groups in total. The van der Waals surface area contributed by atoms with Crippen molar-refractivity contribution in [3.63, 3.8) is 0 Å². The zero-order valence-corrected chi connectivity index (χ0v) is 16.3. The Morgan fingerprint density at radius 1 is 1.19 bits per heavy atom. The van der Waals surface area contributed by atoms with Crippen LogP contribution in [0.25, 0.3) is 11.0 Å². The number of nitrogens with zero attached hydrogens (tertiary/aromatic N) is 4. The molecule has 0 saturated heterocycles. The Bertz CT molecular complexity index is 996. The fourth-order valence-electron chi connectivity index (χ4n) is 3.34. The molecule has 2 heterocycles. The Kier molecular flexibility index (Phi) is 5.48. The summed E-state index contributed by atoms with van der Waals surface area (Å²) < 4.78 is 10.9. The largest absolute Gasteiger partial charge is 0.454 e. The SMILES string of the molecule is CCn1c(=O)n(CCC(=O)O[C@H](c2nccn2C)C(C)C)c2ccccc21. The maximum Gasteiger partial charge on any atom is 0.329 e. The molecule has 0 radical (unpaired) electrons. The molecule has 144 valence electrons. The smallest absolute Gasteiger partial charge is 0.329 e. The summed E-state index contributed by atoms with van der Waals surface area (Å²) >= 11 is 0. The van der Waals surface area contributed by atoms with Crippen LogP contribution < -0.4 is 5.69 Å². The lowest BCUT2D eigenvalue weighted by molar-refractivity contribution is -0.152. The topological polar surface area (TPSA) is 71.1 Å². The number of aromatic nitrogens is 4. The number of hydrogen-bond acceptors (Lipinski definition) is 4. The number of para-hydroxylation sites is 2. The van der Waals surface area contributed by atoms with E-state index in [-0.39, 0.29) is 30.5 Å². The van der Waals surface area contributed by atoms with Gasteiger partial charge in [-0.15, -0.1) is 0 Å². The number of benzene rings is 1. The first kappa shape index (κ1) is 18.9. The monoisotopic (exact) mass is 370 g/mol. The Balaban J connectivity index is 1.76. The lowest BCUT2D eigenvalue weighted by Gasteiger charge is -2.21. The minimum Gasteiger partial charge on any atom is -0.454 e. The number of hydrogen-bond donors (Lipinski definition) is 0. The highest BCUT2D eigenvalue weighted by Crippen LogP contribution is 2.24. The summed E-state index contributed by atoms with van der Waals surface area (Å²) in [5.41, 5.74) is 1.61. The van der Waals surface area contributed by atoms with Crippen molar-refractivity contribution < 1.29 is 9.53 Å². The third kappa shape index (κ3) is 3.67. The summed E-state index contributed by atoms with van der Waals surface area (Å²) in [5, 5.41) is 0. The van der Waals surface area contributed by atoms with Crippen molar-refractivity contribution in [1.29, 1.82) is 0 Å². The van der Waals surface area contributed by atoms with E-state index in [4.69, 9.17) is 4.74 Å². The van der Waals surface area contributed by atoms with Crippen LogP contribution in [0.4, 0.5) is 0 Å². The zero-order valence-electron chi connectivity index (χ0n) is 16.3. The van der Waals surface area contributed by atoms with Gasteiger partial charge >= 0.3 is 11.7 Å². The van der Waals surface area contributed by atoms with Crippen molar-refractivity contribution >= 4 is 17.0 Å². The van der Waals surface area contributed by atoms with E-state index in [1.807, 2.05) is 62.8 Å². The van der Waals surface area contributed by atoms with Gasteiger partial charge in [-0.05, 0) is 25.0 Å².